The third kappa shape index (κ3) is 6.06. The van der Waals surface area contributed by atoms with Crippen LogP contribution in [-0.2, 0) is 29.3 Å². The van der Waals surface area contributed by atoms with Crippen LogP contribution in [0.25, 0.3) is 0 Å². The molecule has 0 saturated carbocycles. The zero-order valence-corrected chi connectivity index (χ0v) is 32.5. The van der Waals surface area contributed by atoms with E-state index >= 15 is 4.79 Å². The van der Waals surface area contributed by atoms with Gasteiger partial charge in [0.05, 0.1) is 23.8 Å². The second-order valence-corrected chi connectivity index (χ2v) is 15.4. The summed E-state index contributed by atoms with van der Waals surface area (Å²) in [5.74, 6) is -3.74. The normalized spacial score (nSPS) is 24.5. The van der Waals surface area contributed by atoms with Gasteiger partial charge in [-0.25, -0.2) is 9.69 Å². The fourth-order valence-corrected chi connectivity index (χ4v) is 9.30. The molecule has 0 unspecified atom stereocenters. The zero-order valence-electron chi connectivity index (χ0n) is 30.3. The highest BCUT2D eigenvalue weighted by Gasteiger charge is 2.76. The van der Waals surface area contributed by atoms with Gasteiger partial charge in [0.25, 0.3) is 0 Å². The van der Waals surface area contributed by atoms with Crippen LogP contribution in [0.3, 0.4) is 0 Å². The first-order valence-corrected chi connectivity index (χ1v) is 19.4. The number of anilines is 1. The predicted molar refractivity (Wildman–Crippen MR) is 217 cm³/mol. The highest BCUT2D eigenvalue weighted by molar-refractivity contribution is 14.1. The lowest BCUT2D eigenvalue weighted by molar-refractivity contribution is -0.180. The molecule has 0 radical (unpaired) electrons. The summed E-state index contributed by atoms with van der Waals surface area (Å²) in [6.07, 6.45) is 0.560. The number of ether oxygens (including phenoxy) is 2. The van der Waals surface area contributed by atoms with Crippen molar-refractivity contribution in [3.05, 3.63) is 178 Å². The topological polar surface area (TPSA) is 125 Å². The lowest BCUT2D eigenvalue weighted by atomic mass is 9.65. The Morgan fingerprint density at radius 2 is 1.50 bits per heavy atom. The van der Waals surface area contributed by atoms with Gasteiger partial charge in [0.15, 0.2) is 0 Å². The Labute approximate surface area is 337 Å². The molecule has 2 fully saturated rings. The SMILES string of the molecule is C=CCOC(=O)[C@H]1[C@@H]2C(=O)O[C@@H](c3ccccc3)[C@@H](c3ccccc3)N2[C@@H](c2ccc(O)cc2)[C@]12C(=O)N(C(=O)N[C@H](C)c1ccccc1)c1ccc(I)cc12. The van der Waals surface area contributed by atoms with Gasteiger partial charge in [0.1, 0.15) is 35.8 Å². The highest BCUT2D eigenvalue weighted by Crippen LogP contribution is 2.66. The number of imide groups is 1. The number of amides is 3. The van der Waals surface area contributed by atoms with Crippen molar-refractivity contribution in [2.24, 2.45) is 5.92 Å². The van der Waals surface area contributed by atoms with Crippen LogP contribution in [0.1, 0.15) is 59.0 Å². The molecule has 3 aliphatic heterocycles. The van der Waals surface area contributed by atoms with Crippen molar-refractivity contribution < 1.29 is 33.8 Å². The first-order chi connectivity index (χ1) is 27.2. The van der Waals surface area contributed by atoms with E-state index in [9.17, 15) is 19.5 Å². The number of urea groups is 1. The maximum Gasteiger partial charge on any atom is 0.329 e. The number of aromatic hydroxyl groups is 1. The molecular formula is C45H38IN3O7. The third-order valence-corrected chi connectivity index (χ3v) is 11.7. The van der Waals surface area contributed by atoms with E-state index in [4.69, 9.17) is 9.47 Å². The molecule has 10 nitrogen and oxygen atoms in total. The molecule has 3 heterocycles. The number of carbonyl (C=O) groups excluding carboxylic acids is 4. The number of phenolic OH excluding ortho intramolecular Hbond substituents is 1. The molecular weight excluding hydrogens is 821 g/mol. The zero-order chi connectivity index (χ0) is 39.1. The van der Waals surface area contributed by atoms with E-state index in [0.717, 1.165) is 19.6 Å². The number of cyclic esters (lactones) is 1. The van der Waals surface area contributed by atoms with E-state index in [1.807, 2.05) is 103 Å². The quantitative estimate of drug-likeness (QED) is 0.0919. The predicted octanol–water partition coefficient (Wildman–Crippen LogP) is 7.86. The Hall–Kier alpha value is -5.79. The first-order valence-electron chi connectivity index (χ1n) is 18.3. The standard InChI is InChI=1S/C45H38IN3O7/c1-3-25-55-41(51)36-38-42(52)56-39(30-17-11-6-12-18-30)37(29-15-9-5-10-16-29)49(38)40(31-19-22-33(50)23-20-31)45(36)34-26-32(46)21-24-35(34)48(43(45)53)44(54)47-27(2)28-13-7-4-8-14-28/h3-24,26-27,36-40,50H,1,25H2,2H3,(H,47,54)/t27-,36-,37-,38-,39+,40+,45-/m1/s1. The molecule has 2 saturated heterocycles. The van der Waals surface area contributed by atoms with Gasteiger partial charge >= 0.3 is 18.0 Å². The summed E-state index contributed by atoms with van der Waals surface area (Å²) in [6.45, 7) is 5.37. The van der Waals surface area contributed by atoms with Crippen LogP contribution in [0.4, 0.5) is 10.5 Å². The number of hydrogen-bond donors (Lipinski definition) is 2. The number of hydrogen-bond acceptors (Lipinski definition) is 8. The Morgan fingerprint density at radius 1 is 0.875 bits per heavy atom. The number of rotatable bonds is 8. The first kappa shape index (κ1) is 37.1. The van der Waals surface area contributed by atoms with E-state index in [1.165, 1.54) is 18.2 Å². The molecule has 5 aromatic carbocycles. The number of esters is 2. The minimum Gasteiger partial charge on any atom is -0.508 e. The van der Waals surface area contributed by atoms with Crippen LogP contribution < -0.4 is 10.2 Å². The van der Waals surface area contributed by atoms with Crippen molar-refractivity contribution in [2.75, 3.05) is 11.5 Å². The molecule has 3 aliphatic rings. The molecule has 11 heteroatoms. The van der Waals surface area contributed by atoms with Gasteiger partial charge in [-0.05, 0) is 87.7 Å². The van der Waals surface area contributed by atoms with Crippen LogP contribution >= 0.6 is 22.6 Å². The Balaban J connectivity index is 1.41. The number of fused-ring (bicyclic) bond motifs is 3. The van der Waals surface area contributed by atoms with Crippen molar-refractivity contribution in [1.82, 2.24) is 10.2 Å². The summed E-state index contributed by atoms with van der Waals surface area (Å²) < 4.78 is 13.0. The van der Waals surface area contributed by atoms with Gasteiger partial charge in [0, 0.05) is 3.57 Å². The van der Waals surface area contributed by atoms with Gasteiger partial charge in [-0.3, -0.25) is 19.3 Å². The summed E-state index contributed by atoms with van der Waals surface area (Å²) in [5, 5.41) is 13.5. The molecule has 5 aromatic rings. The molecule has 2 N–H and O–H groups in total. The minimum absolute atomic E-state index is 0.0114. The molecule has 3 amide bonds. The van der Waals surface area contributed by atoms with Gasteiger partial charge in [-0.2, -0.15) is 0 Å². The second kappa shape index (κ2) is 15.0. The van der Waals surface area contributed by atoms with Gasteiger partial charge in [0.2, 0.25) is 5.91 Å². The van der Waals surface area contributed by atoms with Crippen molar-refractivity contribution >= 4 is 52.2 Å². The van der Waals surface area contributed by atoms with Crippen molar-refractivity contribution in [3.63, 3.8) is 0 Å². The molecule has 56 heavy (non-hydrogen) atoms. The van der Waals surface area contributed by atoms with E-state index < -0.39 is 65.5 Å². The van der Waals surface area contributed by atoms with Crippen LogP contribution in [0.15, 0.2) is 146 Å². The maximum atomic E-state index is 15.9. The summed E-state index contributed by atoms with van der Waals surface area (Å²) in [6, 6.07) is 35.6. The Morgan fingerprint density at radius 3 is 2.14 bits per heavy atom. The fourth-order valence-electron chi connectivity index (χ4n) is 8.81. The number of halogens is 1. The lowest BCUT2D eigenvalue weighted by Gasteiger charge is -2.46. The molecule has 7 atom stereocenters. The average Bonchev–Trinajstić information content (AvgIpc) is 3.67. The van der Waals surface area contributed by atoms with E-state index in [-0.39, 0.29) is 18.0 Å². The highest BCUT2D eigenvalue weighted by atomic mass is 127. The number of phenols is 1. The molecule has 0 bridgehead atoms. The van der Waals surface area contributed by atoms with E-state index in [2.05, 4.69) is 34.5 Å². The average molecular weight is 860 g/mol. The largest absolute Gasteiger partial charge is 0.508 e. The smallest absolute Gasteiger partial charge is 0.329 e. The Bertz CT molecular complexity index is 2310. The number of benzene rings is 5. The lowest BCUT2D eigenvalue weighted by Crippen LogP contribution is -2.54. The van der Waals surface area contributed by atoms with Crippen LogP contribution in [0.5, 0.6) is 5.75 Å². The summed E-state index contributed by atoms with van der Waals surface area (Å²) in [4.78, 5) is 63.3. The van der Waals surface area contributed by atoms with E-state index in [0.29, 0.717) is 16.7 Å². The number of morpholine rings is 1. The number of nitrogens with one attached hydrogen (secondary N) is 1. The van der Waals surface area contributed by atoms with Crippen LogP contribution in [0.2, 0.25) is 0 Å². The molecule has 0 aromatic heterocycles. The monoisotopic (exact) mass is 859 g/mol. The molecule has 1 spiro atoms. The summed E-state index contributed by atoms with van der Waals surface area (Å²) >= 11 is 2.15. The summed E-state index contributed by atoms with van der Waals surface area (Å²) in [5.41, 5.74) is 1.61. The van der Waals surface area contributed by atoms with Crippen molar-refractivity contribution in [1.29, 1.82) is 0 Å². The Kier molecular flexibility index (Phi) is 9.98. The fraction of sp³-hybridized carbons (Fsp3) is 0.200. The molecule has 8 rings (SSSR count). The van der Waals surface area contributed by atoms with Crippen molar-refractivity contribution in [3.8, 4) is 5.75 Å². The molecule has 0 aliphatic carbocycles. The number of carbonyl (C=O) groups is 4. The third-order valence-electron chi connectivity index (χ3n) is 11.1. The van der Waals surface area contributed by atoms with Crippen LogP contribution in [-0.4, -0.2) is 46.5 Å². The van der Waals surface area contributed by atoms with Gasteiger partial charge in [-0.15, -0.1) is 0 Å². The van der Waals surface area contributed by atoms with Crippen LogP contribution in [0, 0.1) is 9.49 Å². The van der Waals surface area contributed by atoms with Gasteiger partial charge in [-0.1, -0.05) is 116 Å². The van der Waals surface area contributed by atoms with Crippen molar-refractivity contribution in [2.45, 2.75) is 42.6 Å². The van der Waals surface area contributed by atoms with Gasteiger partial charge < -0.3 is 19.9 Å². The number of nitrogens with zero attached hydrogens (tertiary/aromatic N) is 2. The second-order valence-electron chi connectivity index (χ2n) is 14.2. The maximum absolute atomic E-state index is 15.9. The summed E-state index contributed by atoms with van der Waals surface area (Å²) in [7, 11) is 0. The van der Waals surface area contributed by atoms with E-state index in [1.54, 1.807) is 30.3 Å². The molecule has 282 valence electrons. The minimum atomic E-state index is -1.92.